The molecule has 1 fully saturated rings. The molecular formula is C9H15N5O2. The Morgan fingerprint density at radius 3 is 2.62 bits per heavy atom. The number of nitrogens with one attached hydrogen (secondary N) is 1. The van der Waals surface area contributed by atoms with E-state index in [1.54, 1.807) is 0 Å². The molecular weight excluding hydrogens is 210 g/mol. The average molecular weight is 225 g/mol. The third-order valence-electron chi connectivity index (χ3n) is 2.32. The Balaban J connectivity index is 2.11. The van der Waals surface area contributed by atoms with E-state index in [4.69, 9.17) is 15.3 Å². The summed E-state index contributed by atoms with van der Waals surface area (Å²) in [5.41, 5.74) is 2.35. The SMILES string of the molecule is CCOc1nc(NN)nc(OC2CCC2)n1. The van der Waals surface area contributed by atoms with E-state index in [0.717, 1.165) is 12.8 Å². The standard InChI is InChI=1S/C9H15N5O2/c1-2-15-8-11-7(14-10)12-9(13-8)16-6-4-3-5-6/h6H,2-5,10H2,1H3,(H,11,12,13,14). The highest BCUT2D eigenvalue weighted by molar-refractivity contribution is 5.25. The van der Waals surface area contributed by atoms with Crippen LogP contribution in [0.3, 0.4) is 0 Å². The van der Waals surface area contributed by atoms with Crippen molar-refractivity contribution in [2.45, 2.75) is 32.3 Å². The highest BCUT2D eigenvalue weighted by atomic mass is 16.5. The van der Waals surface area contributed by atoms with Crippen molar-refractivity contribution in [1.82, 2.24) is 15.0 Å². The van der Waals surface area contributed by atoms with Crippen LogP contribution in [-0.4, -0.2) is 27.7 Å². The molecule has 1 heterocycles. The summed E-state index contributed by atoms with van der Waals surface area (Å²) >= 11 is 0. The molecule has 1 aliphatic rings. The minimum absolute atomic E-state index is 0.211. The van der Waals surface area contributed by atoms with Crippen LogP contribution in [0.5, 0.6) is 12.0 Å². The number of hydrogen-bond acceptors (Lipinski definition) is 7. The molecule has 0 atom stereocenters. The van der Waals surface area contributed by atoms with Gasteiger partial charge in [0.1, 0.15) is 6.10 Å². The maximum Gasteiger partial charge on any atom is 0.324 e. The lowest BCUT2D eigenvalue weighted by molar-refractivity contribution is 0.107. The number of nitrogens with two attached hydrogens (primary N) is 1. The Morgan fingerprint density at radius 1 is 1.31 bits per heavy atom. The minimum Gasteiger partial charge on any atom is -0.464 e. The largest absolute Gasteiger partial charge is 0.464 e. The maximum atomic E-state index is 5.54. The van der Waals surface area contributed by atoms with E-state index in [9.17, 15) is 0 Å². The molecule has 16 heavy (non-hydrogen) atoms. The van der Waals surface area contributed by atoms with Gasteiger partial charge in [-0.3, -0.25) is 5.43 Å². The zero-order valence-corrected chi connectivity index (χ0v) is 9.14. The molecule has 1 aromatic heterocycles. The van der Waals surface area contributed by atoms with Crippen molar-refractivity contribution in [1.29, 1.82) is 0 Å². The molecule has 1 aromatic rings. The number of nitrogens with zero attached hydrogens (tertiary/aromatic N) is 3. The molecule has 7 nitrogen and oxygen atoms in total. The first-order chi connectivity index (χ1) is 7.81. The smallest absolute Gasteiger partial charge is 0.324 e. The lowest BCUT2D eigenvalue weighted by Crippen LogP contribution is -2.26. The third kappa shape index (κ3) is 2.48. The summed E-state index contributed by atoms with van der Waals surface area (Å²) in [6.45, 7) is 2.34. The summed E-state index contributed by atoms with van der Waals surface area (Å²) in [5.74, 6) is 5.49. The van der Waals surface area contributed by atoms with Gasteiger partial charge in [-0.2, -0.15) is 9.97 Å². The molecule has 0 bridgehead atoms. The lowest BCUT2D eigenvalue weighted by Gasteiger charge is -2.25. The number of hydrogen-bond donors (Lipinski definition) is 2. The fourth-order valence-corrected chi connectivity index (χ4v) is 1.29. The second-order valence-corrected chi connectivity index (χ2v) is 3.47. The zero-order chi connectivity index (χ0) is 11.4. The van der Waals surface area contributed by atoms with Crippen LogP contribution in [0.1, 0.15) is 26.2 Å². The topological polar surface area (TPSA) is 95.2 Å². The number of ether oxygens (including phenoxy) is 2. The van der Waals surface area contributed by atoms with E-state index in [2.05, 4.69) is 20.4 Å². The summed E-state index contributed by atoms with van der Waals surface area (Å²) in [6, 6.07) is 0.482. The molecule has 0 radical (unpaired) electrons. The van der Waals surface area contributed by atoms with Gasteiger partial charge < -0.3 is 9.47 Å². The van der Waals surface area contributed by atoms with Gasteiger partial charge in [0.2, 0.25) is 5.95 Å². The van der Waals surface area contributed by atoms with Gasteiger partial charge in [0, 0.05) is 0 Å². The Morgan fingerprint density at radius 2 is 2.06 bits per heavy atom. The fourth-order valence-electron chi connectivity index (χ4n) is 1.29. The van der Waals surface area contributed by atoms with Crippen molar-refractivity contribution < 1.29 is 9.47 Å². The van der Waals surface area contributed by atoms with Gasteiger partial charge in [0.05, 0.1) is 6.61 Å². The van der Waals surface area contributed by atoms with Crippen molar-refractivity contribution >= 4 is 5.95 Å². The number of aromatic nitrogens is 3. The van der Waals surface area contributed by atoms with Crippen molar-refractivity contribution in [3.05, 3.63) is 0 Å². The molecule has 2 rings (SSSR count). The molecule has 88 valence electrons. The lowest BCUT2D eigenvalue weighted by atomic mass is 9.96. The number of rotatable bonds is 5. The Labute approximate surface area is 93.4 Å². The van der Waals surface area contributed by atoms with Crippen molar-refractivity contribution in [2.75, 3.05) is 12.0 Å². The first kappa shape index (κ1) is 10.9. The van der Waals surface area contributed by atoms with Crippen LogP contribution >= 0.6 is 0 Å². The average Bonchev–Trinajstić information content (AvgIpc) is 2.24. The summed E-state index contributed by atoms with van der Waals surface area (Å²) in [7, 11) is 0. The van der Waals surface area contributed by atoms with E-state index < -0.39 is 0 Å². The van der Waals surface area contributed by atoms with Gasteiger partial charge >= 0.3 is 12.0 Å². The van der Waals surface area contributed by atoms with Crippen LogP contribution in [0.2, 0.25) is 0 Å². The molecule has 0 unspecified atom stereocenters. The third-order valence-corrected chi connectivity index (χ3v) is 2.32. The van der Waals surface area contributed by atoms with Crippen LogP contribution in [0.4, 0.5) is 5.95 Å². The van der Waals surface area contributed by atoms with Gasteiger partial charge in [-0.15, -0.1) is 4.98 Å². The Bertz CT molecular complexity index is 356. The molecule has 7 heteroatoms. The summed E-state index contributed by atoms with van der Waals surface area (Å²) in [5, 5.41) is 0. The second kappa shape index (κ2) is 4.93. The molecule has 3 N–H and O–H groups in total. The van der Waals surface area contributed by atoms with Crippen LogP contribution in [-0.2, 0) is 0 Å². The number of nitrogen functional groups attached to an aromatic ring is 1. The van der Waals surface area contributed by atoms with Gasteiger partial charge in [-0.05, 0) is 26.2 Å². The van der Waals surface area contributed by atoms with E-state index in [0.29, 0.717) is 6.61 Å². The highest BCUT2D eigenvalue weighted by Gasteiger charge is 2.21. The van der Waals surface area contributed by atoms with Crippen molar-refractivity contribution in [3.8, 4) is 12.0 Å². The quantitative estimate of drug-likeness (QED) is 0.556. The first-order valence-corrected chi connectivity index (χ1v) is 5.34. The van der Waals surface area contributed by atoms with E-state index in [1.165, 1.54) is 6.42 Å². The summed E-state index contributed by atoms with van der Waals surface area (Å²) in [4.78, 5) is 12.0. The molecule has 0 amide bonds. The van der Waals surface area contributed by atoms with Crippen LogP contribution in [0, 0.1) is 0 Å². The predicted octanol–water partition coefficient (Wildman–Crippen LogP) is 0.487. The summed E-state index contributed by atoms with van der Waals surface area (Å²) in [6.07, 6.45) is 3.49. The Hall–Kier alpha value is -1.63. The number of hydrazine groups is 1. The van der Waals surface area contributed by atoms with E-state index >= 15 is 0 Å². The van der Waals surface area contributed by atoms with Crippen molar-refractivity contribution in [3.63, 3.8) is 0 Å². The molecule has 1 saturated carbocycles. The summed E-state index contributed by atoms with van der Waals surface area (Å²) < 4.78 is 10.7. The monoisotopic (exact) mass is 225 g/mol. The van der Waals surface area contributed by atoms with E-state index in [1.807, 2.05) is 6.92 Å². The molecule has 0 aromatic carbocycles. The maximum absolute atomic E-state index is 5.54. The number of anilines is 1. The Kier molecular flexibility index (Phi) is 3.35. The first-order valence-electron chi connectivity index (χ1n) is 5.34. The van der Waals surface area contributed by atoms with E-state index in [-0.39, 0.29) is 24.1 Å². The second-order valence-electron chi connectivity index (χ2n) is 3.47. The molecule has 0 spiro atoms. The molecule has 0 saturated heterocycles. The van der Waals surface area contributed by atoms with Gasteiger partial charge in [0.25, 0.3) is 0 Å². The fraction of sp³-hybridized carbons (Fsp3) is 0.667. The highest BCUT2D eigenvalue weighted by Crippen LogP contribution is 2.24. The van der Waals surface area contributed by atoms with Gasteiger partial charge in [0.15, 0.2) is 0 Å². The van der Waals surface area contributed by atoms with Gasteiger partial charge in [-0.1, -0.05) is 0 Å². The van der Waals surface area contributed by atoms with Crippen molar-refractivity contribution in [2.24, 2.45) is 5.84 Å². The molecule has 0 aliphatic heterocycles. The van der Waals surface area contributed by atoms with Gasteiger partial charge in [-0.25, -0.2) is 5.84 Å². The molecule has 1 aliphatic carbocycles. The minimum atomic E-state index is 0.211. The predicted molar refractivity (Wildman–Crippen MR) is 57.1 cm³/mol. The van der Waals surface area contributed by atoms with Crippen LogP contribution < -0.4 is 20.7 Å². The van der Waals surface area contributed by atoms with Crippen LogP contribution in [0.25, 0.3) is 0 Å². The zero-order valence-electron chi connectivity index (χ0n) is 9.14. The normalized spacial score (nSPS) is 15.4. The van der Waals surface area contributed by atoms with Crippen LogP contribution in [0.15, 0.2) is 0 Å².